The Kier molecular flexibility index (Phi) is 7.07. The quantitative estimate of drug-likeness (QED) is 0.657. The molecule has 1 rings (SSSR count). The van der Waals surface area contributed by atoms with Crippen molar-refractivity contribution in [3.63, 3.8) is 0 Å². The van der Waals surface area contributed by atoms with Crippen LogP contribution in [-0.4, -0.2) is 74.9 Å². The van der Waals surface area contributed by atoms with E-state index in [1.54, 1.807) is 17.1 Å². The molecule has 0 spiro atoms. The Hall–Kier alpha value is -1.18. The summed E-state index contributed by atoms with van der Waals surface area (Å²) in [6, 6.07) is 0. The highest BCUT2D eigenvalue weighted by atomic mass is 16.7. The zero-order valence-corrected chi connectivity index (χ0v) is 13.4. The summed E-state index contributed by atoms with van der Waals surface area (Å²) in [5.41, 5.74) is -0.526. The third kappa shape index (κ3) is 6.41. The van der Waals surface area contributed by atoms with Gasteiger partial charge in [-0.1, -0.05) is 0 Å². The Morgan fingerprint density at radius 3 is 2.19 bits per heavy atom. The molecule has 0 bridgehead atoms. The number of rotatable bonds is 6. The van der Waals surface area contributed by atoms with Gasteiger partial charge >= 0.3 is 5.97 Å². The molecule has 1 saturated heterocycles. The van der Waals surface area contributed by atoms with Crippen molar-refractivity contribution in [1.29, 1.82) is 0 Å². The van der Waals surface area contributed by atoms with Crippen LogP contribution in [0.4, 0.5) is 0 Å². The number of nitrogens with zero attached hydrogens (tertiary/aromatic N) is 2. The van der Waals surface area contributed by atoms with Gasteiger partial charge in [-0.05, 0) is 20.8 Å². The summed E-state index contributed by atoms with van der Waals surface area (Å²) in [6.45, 7) is 8.48. The van der Waals surface area contributed by atoms with Gasteiger partial charge in [0, 0.05) is 20.2 Å². The van der Waals surface area contributed by atoms with Crippen molar-refractivity contribution in [1.82, 2.24) is 9.96 Å². The standard InChI is InChI=1S/C14H26N2O5/c1-14(2,3)13(18)21-16-7-5-15(6-8-16)12(17)11-20-10-9-19-4/h5-11H2,1-4H3. The van der Waals surface area contributed by atoms with Crippen LogP contribution in [0.3, 0.4) is 0 Å². The fourth-order valence-electron chi connectivity index (χ4n) is 1.68. The van der Waals surface area contributed by atoms with Crippen LogP contribution in [0.2, 0.25) is 0 Å². The molecule has 1 amide bonds. The van der Waals surface area contributed by atoms with Gasteiger partial charge in [0.1, 0.15) is 6.61 Å². The van der Waals surface area contributed by atoms with E-state index in [1.807, 2.05) is 20.8 Å². The summed E-state index contributed by atoms with van der Waals surface area (Å²) in [7, 11) is 1.59. The molecule has 0 N–H and O–H groups in total. The Morgan fingerprint density at radius 1 is 1.05 bits per heavy atom. The molecule has 7 nitrogen and oxygen atoms in total. The number of methoxy groups -OCH3 is 1. The van der Waals surface area contributed by atoms with E-state index in [9.17, 15) is 9.59 Å². The van der Waals surface area contributed by atoms with Crippen molar-refractivity contribution in [2.24, 2.45) is 5.41 Å². The zero-order valence-electron chi connectivity index (χ0n) is 13.4. The summed E-state index contributed by atoms with van der Waals surface area (Å²) in [5.74, 6) is -0.307. The first-order chi connectivity index (χ1) is 9.84. The molecule has 0 aromatic heterocycles. The lowest BCUT2D eigenvalue weighted by Crippen LogP contribution is -2.50. The van der Waals surface area contributed by atoms with Gasteiger partial charge in [0.15, 0.2) is 0 Å². The van der Waals surface area contributed by atoms with Crippen molar-refractivity contribution in [3.05, 3.63) is 0 Å². The molecule has 7 heteroatoms. The van der Waals surface area contributed by atoms with Crippen LogP contribution in [-0.2, 0) is 23.9 Å². The summed E-state index contributed by atoms with van der Waals surface area (Å²) in [5, 5.41) is 1.61. The summed E-state index contributed by atoms with van der Waals surface area (Å²) < 4.78 is 10.1. The van der Waals surface area contributed by atoms with Gasteiger partial charge in [-0.2, -0.15) is 0 Å². The molecule has 0 atom stereocenters. The number of piperazine rings is 1. The molecule has 0 unspecified atom stereocenters. The Labute approximate surface area is 126 Å². The van der Waals surface area contributed by atoms with Gasteiger partial charge in [-0.15, -0.1) is 5.06 Å². The predicted octanol–water partition coefficient (Wildman–Crippen LogP) is 0.298. The van der Waals surface area contributed by atoms with E-state index in [-0.39, 0.29) is 18.5 Å². The predicted molar refractivity (Wildman–Crippen MR) is 76.4 cm³/mol. The van der Waals surface area contributed by atoms with Gasteiger partial charge in [-0.3, -0.25) is 4.79 Å². The fourth-order valence-corrected chi connectivity index (χ4v) is 1.68. The number of ether oxygens (including phenoxy) is 2. The third-order valence-corrected chi connectivity index (χ3v) is 3.07. The lowest BCUT2D eigenvalue weighted by Gasteiger charge is -2.34. The smallest absolute Gasteiger partial charge is 0.330 e. The molecule has 0 aromatic carbocycles. The van der Waals surface area contributed by atoms with E-state index in [0.29, 0.717) is 39.4 Å². The number of hydroxylamine groups is 2. The lowest BCUT2D eigenvalue weighted by atomic mass is 9.98. The monoisotopic (exact) mass is 302 g/mol. The second kappa shape index (κ2) is 8.31. The lowest BCUT2D eigenvalue weighted by molar-refractivity contribution is -0.207. The highest BCUT2D eigenvalue weighted by Gasteiger charge is 2.28. The number of amides is 1. The maximum atomic E-state index is 11.9. The molecule has 0 radical (unpaired) electrons. The second-order valence-electron chi connectivity index (χ2n) is 5.98. The van der Waals surface area contributed by atoms with E-state index < -0.39 is 5.41 Å². The van der Waals surface area contributed by atoms with Crippen LogP contribution in [0.1, 0.15) is 20.8 Å². The Balaban J connectivity index is 2.25. The Bertz CT molecular complexity index is 346. The van der Waals surface area contributed by atoms with Crippen LogP contribution in [0.5, 0.6) is 0 Å². The van der Waals surface area contributed by atoms with Crippen LogP contribution >= 0.6 is 0 Å². The van der Waals surface area contributed by atoms with Gasteiger partial charge in [0.25, 0.3) is 0 Å². The molecule has 1 heterocycles. The molecule has 1 aliphatic rings. The molecule has 1 aliphatic heterocycles. The summed E-state index contributed by atoms with van der Waals surface area (Å²) in [4.78, 5) is 30.7. The van der Waals surface area contributed by atoms with E-state index in [4.69, 9.17) is 14.3 Å². The molecular weight excluding hydrogens is 276 g/mol. The highest BCUT2D eigenvalue weighted by molar-refractivity contribution is 5.77. The first-order valence-electron chi connectivity index (χ1n) is 7.16. The fraction of sp³-hybridized carbons (Fsp3) is 0.857. The van der Waals surface area contributed by atoms with Crippen LogP contribution in [0.25, 0.3) is 0 Å². The van der Waals surface area contributed by atoms with Gasteiger partial charge in [0.05, 0.1) is 31.7 Å². The minimum atomic E-state index is -0.526. The maximum absolute atomic E-state index is 11.9. The van der Waals surface area contributed by atoms with Crippen LogP contribution in [0.15, 0.2) is 0 Å². The SMILES string of the molecule is COCCOCC(=O)N1CCN(OC(=O)C(C)(C)C)CC1. The second-order valence-corrected chi connectivity index (χ2v) is 5.98. The van der Waals surface area contributed by atoms with Crippen molar-refractivity contribution in [2.75, 3.05) is 53.1 Å². The third-order valence-electron chi connectivity index (χ3n) is 3.07. The molecule has 21 heavy (non-hydrogen) atoms. The van der Waals surface area contributed by atoms with Gasteiger partial charge < -0.3 is 19.2 Å². The number of carbonyl (C=O) groups excluding carboxylic acids is 2. The normalized spacial score (nSPS) is 16.9. The average molecular weight is 302 g/mol. The van der Waals surface area contributed by atoms with E-state index in [0.717, 1.165) is 0 Å². The molecule has 122 valence electrons. The minimum absolute atomic E-state index is 0.0482. The first-order valence-corrected chi connectivity index (χ1v) is 7.16. The van der Waals surface area contributed by atoms with Crippen molar-refractivity contribution < 1.29 is 23.9 Å². The minimum Gasteiger partial charge on any atom is -0.382 e. The Morgan fingerprint density at radius 2 is 1.67 bits per heavy atom. The number of hydrogen-bond donors (Lipinski definition) is 0. The molecule has 0 aliphatic carbocycles. The van der Waals surface area contributed by atoms with Crippen molar-refractivity contribution >= 4 is 11.9 Å². The van der Waals surface area contributed by atoms with Gasteiger partial charge in [0.2, 0.25) is 5.91 Å². The van der Waals surface area contributed by atoms with E-state index in [2.05, 4.69) is 0 Å². The molecule has 0 saturated carbocycles. The zero-order chi connectivity index (χ0) is 15.9. The summed E-state index contributed by atoms with van der Waals surface area (Å²) in [6.07, 6.45) is 0. The number of hydrogen-bond acceptors (Lipinski definition) is 6. The highest BCUT2D eigenvalue weighted by Crippen LogP contribution is 2.16. The summed E-state index contributed by atoms with van der Waals surface area (Å²) >= 11 is 0. The topological polar surface area (TPSA) is 68.3 Å². The van der Waals surface area contributed by atoms with Gasteiger partial charge in [-0.25, -0.2) is 4.79 Å². The first kappa shape index (κ1) is 17.9. The maximum Gasteiger partial charge on any atom is 0.330 e. The van der Waals surface area contributed by atoms with Crippen LogP contribution < -0.4 is 0 Å². The van der Waals surface area contributed by atoms with Crippen molar-refractivity contribution in [3.8, 4) is 0 Å². The van der Waals surface area contributed by atoms with Crippen LogP contribution in [0, 0.1) is 5.41 Å². The van der Waals surface area contributed by atoms with E-state index in [1.165, 1.54) is 0 Å². The number of carbonyl (C=O) groups is 2. The molecule has 0 aromatic rings. The van der Waals surface area contributed by atoms with E-state index >= 15 is 0 Å². The van der Waals surface area contributed by atoms with Crippen molar-refractivity contribution in [2.45, 2.75) is 20.8 Å². The molecule has 1 fully saturated rings. The largest absolute Gasteiger partial charge is 0.382 e. The average Bonchev–Trinajstić information content (AvgIpc) is 2.43. The molecular formula is C14H26N2O5.